The summed E-state index contributed by atoms with van der Waals surface area (Å²) in [7, 11) is 3.10. The predicted molar refractivity (Wildman–Crippen MR) is 125 cm³/mol. The van der Waals surface area contributed by atoms with Crippen molar-refractivity contribution in [1.82, 2.24) is 0 Å². The number of nitrogens with zero attached hydrogens (tertiary/aromatic N) is 1. The van der Waals surface area contributed by atoms with E-state index in [4.69, 9.17) is 21.1 Å². The fourth-order valence-electron chi connectivity index (χ4n) is 3.53. The number of carbonyl (C=O) groups excluding carboxylic acids is 2. The van der Waals surface area contributed by atoms with E-state index in [1.165, 1.54) is 7.11 Å². The van der Waals surface area contributed by atoms with Crippen LogP contribution in [0, 0.1) is 6.92 Å². The molecule has 0 spiro atoms. The van der Waals surface area contributed by atoms with Crippen LogP contribution in [-0.2, 0) is 9.59 Å². The molecule has 2 amide bonds. The molecular formula is C25H21ClN2O4. The lowest BCUT2D eigenvalue weighted by Crippen LogP contribution is -2.32. The number of ether oxygens (including phenoxy) is 2. The zero-order valence-corrected chi connectivity index (χ0v) is 18.6. The number of halogens is 1. The van der Waals surface area contributed by atoms with E-state index in [1.807, 2.05) is 13.0 Å². The lowest BCUT2D eigenvalue weighted by Gasteiger charge is -2.16. The van der Waals surface area contributed by atoms with Crippen molar-refractivity contribution in [2.45, 2.75) is 6.92 Å². The van der Waals surface area contributed by atoms with Gasteiger partial charge in [0.1, 0.15) is 17.2 Å². The second-order valence-corrected chi connectivity index (χ2v) is 7.57. The first kappa shape index (κ1) is 21.5. The second-order valence-electron chi connectivity index (χ2n) is 7.16. The molecule has 7 heteroatoms. The van der Waals surface area contributed by atoms with Crippen molar-refractivity contribution >= 4 is 40.4 Å². The number of hydrogen-bond acceptors (Lipinski definition) is 5. The molecule has 1 aliphatic heterocycles. The van der Waals surface area contributed by atoms with Crippen LogP contribution in [0.3, 0.4) is 0 Å². The van der Waals surface area contributed by atoms with Crippen molar-refractivity contribution in [3.05, 3.63) is 88.6 Å². The lowest BCUT2D eigenvalue weighted by molar-refractivity contribution is -0.120. The van der Waals surface area contributed by atoms with Gasteiger partial charge >= 0.3 is 0 Å². The van der Waals surface area contributed by atoms with E-state index in [9.17, 15) is 9.59 Å². The van der Waals surface area contributed by atoms with Gasteiger partial charge in [-0.15, -0.1) is 0 Å². The van der Waals surface area contributed by atoms with Gasteiger partial charge in [0.15, 0.2) is 0 Å². The van der Waals surface area contributed by atoms with Crippen LogP contribution in [0.4, 0.5) is 11.4 Å². The van der Waals surface area contributed by atoms with Crippen LogP contribution in [0.15, 0.2) is 72.4 Å². The summed E-state index contributed by atoms with van der Waals surface area (Å²) >= 11 is 6.26. The molecule has 0 atom stereocenters. The van der Waals surface area contributed by atoms with Gasteiger partial charge < -0.3 is 14.8 Å². The normalized spacial score (nSPS) is 13.6. The molecule has 0 bridgehead atoms. The molecule has 0 unspecified atom stereocenters. The number of imide groups is 1. The summed E-state index contributed by atoms with van der Waals surface area (Å²) in [6.07, 6.45) is 0. The van der Waals surface area contributed by atoms with Crippen LogP contribution in [0.1, 0.15) is 11.1 Å². The van der Waals surface area contributed by atoms with Gasteiger partial charge in [-0.1, -0.05) is 35.9 Å². The highest BCUT2D eigenvalue weighted by atomic mass is 35.5. The third-order valence-electron chi connectivity index (χ3n) is 5.30. The SMILES string of the molecule is COc1ccc(C2=C(Nc3cccc(Cl)c3C)C(=O)N(c3cccc(OC)c3)C2=O)cc1. The minimum absolute atomic E-state index is 0.174. The molecule has 1 heterocycles. The molecule has 0 fully saturated rings. The Balaban J connectivity index is 1.84. The summed E-state index contributed by atoms with van der Waals surface area (Å²) in [4.78, 5) is 28.2. The number of hydrogen-bond donors (Lipinski definition) is 1. The maximum absolute atomic E-state index is 13.5. The Morgan fingerprint density at radius 2 is 1.53 bits per heavy atom. The number of rotatable bonds is 6. The first-order valence-electron chi connectivity index (χ1n) is 9.88. The highest BCUT2D eigenvalue weighted by molar-refractivity contribution is 6.46. The summed E-state index contributed by atoms with van der Waals surface area (Å²) in [5.74, 6) is 0.293. The molecule has 3 aromatic rings. The molecule has 4 rings (SSSR count). The molecule has 0 saturated carbocycles. The largest absolute Gasteiger partial charge is 0.497 e. The molecular weight excluding hydrogens is 428 g/mol. The van der Waals surface area contributed by atoms with Crippen LogP contribution in [0.5, 0.6) is 11.5 Å². The van der Waals surface area contributed by atoms with Crippen LogP contribution in [0.25, 0.3) is 5.57 Å². The van der Waals surface area contributed by atoms with Crippen molar-refractivity contribution < 1.29 is 19.1 Å². The van der Waals surface area contributed by atoms with Crippen LogP contribution < -0.4 is 19.7 Å². The highest BCUT2D eigenvalue weighted by Gasteiger charge is 2.40. The predicted octanol–water partition coefficient (Wildman–Crippen LogP) is 5.06. The highest BCUT2D eigenvalue weighted by Crippen LogP contribution is 2.36. The fraction of sp³-hybridized carbons (Fsp3) is 0.120. The summed E-state index contributed by atoms with van der Waals surface area (Å²) in [5.41, 5.74) is 2.87. The topological polar surface area (TPSA) is 67.9 Å². The van der Waals surface area contributed by atoms with Crippen molar-refractivity contribution in [3.63, 3.8) is 0 Å². The van der Waals surface area contributed by atoms with E-state index in [-0.39, 0.29) is 11.3 Å². The molecule has 32 heavy (non-hydrogen) atoms. The van der Waals surface area contributed by atoms with Gasteiger partial charge in [0.05, 0.1) is 25.5 Å². The van der Waals surface area contributed by atoms with E-state index in [0.717, 1.165) is 10.5 Å². The number of nitrogens with one attached hydrogen (secondary N) is 1. The van der Waals surface area contributed by atoms with Gasteiger partial charge in [-0.3, -0.25) is 9.59 Å². The zero-order valence-electron chi connectivity index (χ0n) is 17.8. The average Bonchev–Trinajstić information content (AvgIpc) is 3.06. The summed E-state index contributed by atoms with van der Waals surface area (Å²) in [6.45, 7) is 1.85. The number of amides is 2. The number of benzene rings is 3. The van der Waals surface area contributed by atoms with Gasteiger partial charge in [0, 0.05) is 16.8 Å². The minimum Gasteiger partial charge on any atom is -0.497 e. The molecule has 0 saturated heterocycles. The van der Waals surface area contributed by atoms with Crippen molar-refractivity contribution in [2.24, 2.45) is 0 Å². The maximum Gasteiger partial charge on any atom is 0.282 e. The van der Waals surface area contributed by atoms with E-state index >= 15 is 0 Å². The Bertz CT molecular complexity index is 1230. The summed E-state index contributed by atoms with van der Waals surface area (Å²) < 4.78 is 10.5. The number of carbonyl (C=O) groups is 2. The van der Waals surface area contributed by atoms with Crippen molar-refractivity contribution in [3.8, 4) is 11.5 Å². The van der Waals surface area contributed by atoms with Crippen LogP contribution in [-0.4, -0.2) is 26.0 Å². The van der Waals surface area contributed by atoms with E-state index in [0.29, 0.717) is 33.5 Å². The second kappa shape index (κ2) is 8.77. The molecule has 0 aliphatic carbocycles. The van der Waals surface area contributed by atoms with Gasteiger partial charge in [-0.25, -0.2) is 4.90 Å². The Labute approximate surface area is 191 Å². The molecule has 0 aromatic heterocycles. The molecule has 1 N–H and O–H groups in total. The molecule has 162 valence electrons. The Morgan fingerprint density at radius 1 is 0.844 bits per heavy atom. The molecule has 6 nitrogen and oxygen atoms in total. The average molecular weight is 449 g/mol. The quantitative estimate of drug-likeness (QED) is 0.534. The van der Waals surface area contributed by atoms with Gasteiger partial charge in [-0.2, -0.15) is 0 Å². The third kappa shape index (κ3) is 3.81. The van der Waals surface area contributed by atoms with E-state index in [1.54, 1.807) is 67.8 Å². The zero-order chi connectivity index (χ0) is 22.8. The fourth-order valence-corrected chi connectivity index (χ4v) is 3.71. The Kier molecular flexibility index (Phi) is 5.88. The summed E-state index contributed by atoms with van der Waals surface area (Å²) in [5, 5.41) is 3.71. The number of methoxy groups -OCH3 is 2. The standard InChI is InChI=1S/C25H21ClN2O4/c1-15-20(26)8-5-9-21(15)27-23-22(16-10-12-18(31-2)13-11-16)24(29)28(25(23)30)17-6-4-7-19(14-17)32-3/h4-14,27H,1-3H3. The van der Waals surface area contributed by atoms with E-state index < -0.39 is 11.8 Å². The van der Waals surface area contributed by atoms with E-state index in [2.05, 4.69) is 5.32 Å². The minimum atomic E-state index is -0.464. The van der Waals surface area contributed by atoms with Crippen LogP contribution >= 0.6 is 11.6 Å². The summed E-state index contributed by atoms with van der Waals surface area (Å²) in [6, 6.07) is 19.2. The van der Waals surface area contributed by atoms with Crippen LogP contribution in [0.2, 0.25) is 5.02 Å². The first-order chi connectivity index (χ1) is 15.4. The van der Waals surface area contributed by atoms with Gasteiger partial charge in [-0.05, 0) is 54.4 Å². The van der Waals surface area contributed by atoms with Crippen molar-refractivity contribution in [2.75, 3.05) is 24.4 Å². The Hall–Kier alpha value is -3.77. The third-order valence-corrected chi connectivity index (χ3v) is 5.71. The Morgan fingerprint density at radius 3 is 2.22 bits per heavy atom. The van der Waals surface area contributed by atoms with Crippen molar-refractivity contribution in [1.29, 1.82) is 0 Å². The first-order valence-corrected chi connectivity index (χ1v) is 10.3. The molecule has 3 aromatic carbocycles. The van der Waals surface area contributed by atoms with Gasteiger partial charge in [0.2, 0.25) is 0 Å². The smallest absolute Gasteiger partial charge is 0.282 e. The lowest BCUT2D eigenvalue weighted by atomic mass is 10.0. The number of anilines is 2. The molecule has 0 radical (unpaired) electrons. The maximum atomic E-state index is 13.5. The van der Waals surface area contributed by atoms with Gasteiger partial charge in [0.25, 0.3) is 11.8 Å². The molecule has 1 aliphatic rings. The monoisotopic (exact) mass is 448 g/mol.